The molecule has 0 saturated carbocycles. The second-order valence-electron chi connectivity index (χ2n) is 19.9. The van der Waals surface area contributed by atoms with Gasteiger partial charge in [-0.15, -0.1) is 0 Å². The standard InChI is InChI=1S/C72H49N3Si/c1-4-25-52(26-5-1)76(53-27-6-2-7-28-53,54-29-8-3-9-30-54)55-31-22-24-50(48-55)74-71-47-46-51(73-66-41-17-13-35-59(66)60-36-14-18-42-67(60)73)49-65(71)64-40-23-39-63(72(64)74)57-33-11-10-32-56(57)58-34-12-19-43-68(58)75-69-44-20-15-37-61(69)62-38-16-21-45-70(62)75/h1-49H. The third kappa shape index (κ3) is 6.61. The smallest absolute Gasteiger partial charge is 0.179 e. The average molecular weight is 984 g/mol. The average Bonchev–Trinajstić information content (AvgIpc) is 4.23. The minimum atomic E-state index is -2.90. The SMILES string of the molecule is c1ccc([Si](c2ccccc2)(c2ccccc2)c2cccc(-n3c4ccc(-n5c6ccccc6c6ccccc65)cc4c4cccc(-c5ccccc5-c5ccccc5-n5c6ccccc6c6ccccc65)c43)c2)cc1. The van der Waals surface area contributed by atoms with Crippen molar-refractivity contribution in [3.63, 3.8) is 0 Å². The lowest BCUT2D eigenvalue weighted by molar-refractivity contribution is 1.17. The highest BCUT2D eigenvalue weighted by Crippen LogP contribution is 2.45. The molecule has 76 heavy (non-hydrogen) atoms. The first kappa shape index (κ1) is 43.8. The van der Waals surface area contributed by atoms with Crippen molar-refractivity contribution in [2.75, 3.05) is 0 Å². The largest absolute Gasteiger partial charge is 0.309 e. The Balaban J connectivity index is 1.03. The zero-order valence-electron chi connectivity index (χ0n) is 41.6. The van der Waals surface area contributed by atoms with Gasteiger partial charge in [-0.2, -0.15) is 0 Å². The van der Waals surface area contributed by atoms with Crippen molar-refractivity contribution in [2.24, 2.45) is 0 Å². The Hall–Kier alpha value is -9.74. The van der Waals surface area contributed by atoms with Gasteiger partial charge in [0.2, 0.25) is 0 Å². The van der Waals surface area contributed by atoms with Crippen LogP contribution in [-0.2, 0) is 0 Å². The minimum absolute atomic E-state index is 1.12. The lowest BCUT2D eigenvalue weighted by atomic mass is 9.92. The van der Waals surface area contributed by atoms with Crippen LogP contribution in [0.25, 0.3) is 105 Å². The summed E-state index contributed by atoms with van der Waals surface area (Å²) in [6, 6.07) is 111. The highest BCUT2D eigenvalue weighted by molar-refractivity contribution is 7.19. The van der Waals surface area contributed by atoms with Crippen LogP contribution in [0, 0.1) is 0 Å². The molecule has 0 amide bonds. The maximum Gasteiger partial charge on any atom is 0.179 e. The van der Waals surface area contributed by atoms with Crippen LogP contribution in [0.15, 0.2) is 297 Å². The van der Waals surface area contributed by atoms with E-state index in [2.05, 4.69) is 311 Å². The van der Waals surface area contributed by atoms with Gasteiger partial charge in [-0.05, 0) is 92.5 Å². The molecule has 12 aromatic carbocycles. The van der Waals surface area contributed by atoms with Crippen molar-refractivity contribution in [2.45, 2.75) is 0 Å². The van der Waals surface area contributed by atoms with Crippen molar-refractivity contribution in [1.82, 2.24) is 13.7 Å². The van der Waals surface area contributed by atoms with Crippen LogP contribution >= 0.6 is 0 Å². The molecule has 0 unspecified atom stereocenters. The zero-order chi connectivity index (χ0) is 50.2. The van der Waals surface area contributed by atoms with Gasteiger partial charge in [0.1, 0.15) is 0 Å². The van der Waals surface area contributed by atoms with Crippen LogP contribution in [0.5, 0.6) is 0 Å². The first-order valence-corrected chi connectivity index (χ1v) is 28.3. The Morgan fingerprint density at radius 3 is 1.14 bits per heavy atom. The second-order valence-corrected chi connectivity index (χ2v) is 23.7. The van der Waals surface area contributed by atoms with Gasteiger partial charge in [0.15, 0.2) is 8.07 Å². The third-order valence-corrected chi connectivity index (χ3v) is 20.8. The number of aromatic nitrogens is 3. The fraction of sp³-hybridized carbons (Fsp3) is 0. The summed E-state index contributed by atoms with van der Waals surface area (Å²) in [5, 5.41) is 12.8. The van der Waals surface area contributed by atoms with Crippen molar-refractivity contribution >= 4 is 94.2 Å². The number of nitrogens with zero attached hydrogens (tertiary/aromatic N) is 3. The van der Waals surface area contributed by atoms with Gasteiger partial charge in [-0.3, -0.25) is 0 Å². The van der Waals surface area contributed by atoms with E-state index in [1.165, 1.54) is 103 Å². The molecule has 4 heteroatoms. The fourth-order valence-corrected chi connectivity index (χ4v) is 17.6. The normalized spacial score (nSPS) is 11.9. The van der Waals surface area contributed by atoms with Crippen molar-refractivity contribution < 1.29 is 0 Å². The fourth-order valence-electron chi connectivity index (χ4n) is 12.9. The molecule has 3 aromatic heterocycles. The number of para-hydroxylation sites is 6. The molecule has 0 aliphatic carbocycles. The quantitative estimate of drug-likeness (QED) is 0.101. The van der Waals surface area contributed by atoms with Gasteiger partial charge >= 0.3 is 0 Å². The summed E-state index contributed by atoms with van der Waals surface area (Å²) in [6.45, 7) is 0. The predicted molar refractivity (Wildman–Crippen MR) is 324 cm³/mol. The summed E-state index contributed by atoms with van der Waals surface area (Å²) in [5.74, 6) is 0. The Bertz CT molecular complexity index is 4490. The third-order valence-electron chi connectivity index (χ3n) is 16.0. The molecule has 0 atom stereocenters. The molecule has 0 N–H and O–H groups in total. The summed E-state index contributed by atoms with van der Waals surface area (Å²) < 4.78 is 7.46. The summed E-state index contributed by atoms with van der Waals surface area (Å²) in [4.78, 5) is 0. The summed E-state index contributed by atoms with van der Waals surface area (Å²) in [7, 11) is -2.90. The number of benzene rings is 12. The molecule has 3 nitrogen and oxygen atoms in total. The molecule has 0 fully saturated rings. The van der Waals surface area contributed by atoms with E-state index >= 15 is 0 Å². The number of hydrogen-bond acceptors (Lipinski definition) is 0. The van der Waals surface area contributed by atoms with Gasteiger partial charge in [0.25, 0.3) is 0 Å². The summed E-state index contributed by atoms with van der Waals surface area (Å²) in [6.07, 6.45) is 0. The van der Waals surface area contributed by atoms with Crippen LogP contribution < -0.4 is 20.7 Å². The van der Waals surface area contributed by atoms with Crippen LogP contribution in [0.2, 0.25) is 0 Å². The van der Waals surface area contributed by atoms with E-state index in [-0.39, 0.29) is 0 Å². The van der Waals surface area contributed by atoms with E-state index in [1.54, 1.807) is 0 Å². The molecule has 0 bridgehead atoms. The van der Waals surface area contributed by atoms with E-state index in [0.29, 0.717) is 0 Å². The Kier molecular flexibility index (Phi) is 10.2. The molecule has 356 valence electrons. The van der Waals surface area contributed by atoms with E-state index in [1.807, 2.05) is 0 Å². The molecule has 0 radical (unpaired) electrons. The van der Waals surface area contributed by atoms with E-state index in [9.17, 15) is 0 Å². The van der Waals surface area contributed by atoms with Crippen molar-refractivity contribution in [3.05, 3.63) is 297 Å². The van der Waals surface area contributed by atoms with Crippen LogP contribution in [0.3, 0.4) is 0 Å². The maximum absolute atomic E-state index is 2.90. The first-order chi connectivity index (χ1) is 37.8. The molecule has 3 heterocycles. The van der Waals surface area contributed by atoms with Gasteiger partial charge in [-0.25, -0.2) is 0 Å². The maximum atomic E-state index is 2.56. The second kappa shape index (κ2) is 17.7. The monoisotopic (exact) mass is 983 g/mol. The van der Waals surface area contributed by atoms with Gasteiger partial charge in [0, 0.05) is 54.8 Å². The predicted octanol–water partition coefficient (Wildman–Crippen LogP) is 15.7. The number of hydrogen-bond donors (Lipinski definition) is 0. The summed E-state index contributed by atoms with van der Waals surface area (Å²) >= 11 is 0. The van der Waals surface area contributed by atoms with Crippen LogP contribution in [-0.4, -0.2) is 21.8 Å². The summed E-state index contributed by atoms with van der Waals surface area (Å²) in [5.41, 5.74) is 15.2. The molecule has 0 spiro atoms. The Morgan fingerprint density at radius 1 is 0.211 bits per heavy atom. The zero-order valence-corrected chi connectivity index (χ0v) is 42.6. The van der Waals surface area contributed by atoms with E-state index in [0.717, 1.165) is 22.6 Å². The van der Waals surface area contributed by atoms with E-state index < -0.39 is 8.07 Å². The van der Waals surface area contributed by atoms with Gasteiger partial charge in [-0.1, -0.05) is 237 Å². The van der Waals surface area contributed by atoms with Crippen LogP contribution in [0.1, 0.15) is 0 Å². The Morgan fingerprint density at radius 2 is 0.592 bits per heavy atom. The number of fused-ring (bicyclic) bond motifs is 9. The lowest BCUT2D eigenvalue weighted by Crippen LogP contribution is -2.74. The van der Waals surface area contributed by atoms with Gasteiger partial charge < -0.3 is 13.7 Å². The molecule has 0 saturated heterocycles. The Labute approximate surface area is 442 Å². The highest BCUT2D eigenvalue weighted by Gasteiger charge is 2.41. The number of rotatable bonds is 9. The molecule has 15 aromatic rings. The van der Waals surface area contributed by atoms with E-state index in [4.69, 9.17) is 0 Å². The minimum Gasteiger partial charge on any atom is -0.309 e. The molecule has 0 aliphatic heterocycles. The molecular weight excluding hydrogens is 935 g/mol. The lowest BCUT2D eigenvalue weighted by Gasteiger charge is -2.34. The van der Waals surface area contributed by atoms with Crippen molar-refractivity contribution in [3.8, 4) is 39.3 Å². The van der Waals surface area contributed by atoms with Crippen LogP contribution in [0.4, 0.5) is 0 Å². The molecule has 0 aliphatic rings. The molecule has 15 rings (SSSR count). The van der Waals surface area contributed by atoms with Crippen molar-refractivity contribution in [1.29, 1.82) is 0 Å². The highest BCUT2D eigenvalue weighted by atomic mass is 28.3. The first-order valence-electron chi connectivity index (χ1n) is 26.3. The topological polar surface area (TPSA) is 14.8 Å². The van der Waals surface area contributed by atoms with Gasteiger partial charge in [0.05, 0.1) is 38.8 Å². The molecular formula is C72H49N3Si.